The number of nitrogens with zero attached hydrogens (tertiary/aromatic N) is 2. The molecule has 0 unspecified atom stereocenters. The smallest absolute Gasteiger partial charge is 0.0125 e. The molecule has 3 fully saturated rings. The molecule has 3 rings (SSSR count). The van der Waals surface area contributed by atoms with Crippen molar-refractivity contribution >= 4 is 0 Å². The van der Waals surface area contributed by atoms with Gasteiger partial charge in [-0.2, -0.15) is 0 Å². The number of hydrogen-bond donors (Lipinski definition) is 1. The minimum absolute atomic E-state index is 0.373. The fourth-order valence-electron chi connectivity index (χ4n) is 4.19. The molecule has 20 heavy (non-hydrogen) atoms. The number of likely N-dealkylation sites (tertiary alicyclic amines) is 2. The average molecular weight is 279 g/mol. The average Bonchev–Trinajstić information content (AvgIpc) is 2.37. The third-order valence-electron chi connectivity index (χ3n) is 5.89. The fraction of sp³-hybridized carbons (Fsp3) is 1.00. The van der Waals surface area contributed by atoms with Gasteiger partial charge in [-0.25, -0.2) is 0 Å². The molecule has 0 radical (unpaired) electrons. The van der Waals surface area contributed by atoms with E-state index < -0.39 is 0 Å². The van der Waals surface area contributed by atoms with E-state index in [-0.39, 0.29) is 0 Å². The lowest BCUT2D eigenvalue weighted by Gasteiger charge is -2.58. The predicted octanol–water partition coefficient (Wildman–Crippen LogP) is 2.18. The van der Waals surface area contributed by atoms with Gasteiger partial charge < -0.3 is 10.2 Å². The summed E-state index contributed by atoms with van der Waals surface area (Å²) in [6.45, 7) is 16.3. The maximum atomic E-state index is 3.48. The van der Waals surface area contributed by atoms with Gasteiger partial charge in [-0.1, -0.05) is 0 Å². The number of rotatable bonds is 2. The van der Waals surface area contributed by atoms with E-state index in [0.717, 1.165) is 5.92 Å². The molecule has 3 heteroatoms. The van der Waals surface area contributed by atoms with E-state index in [2.05, 4.69) is 35.9 Å². The second-order valence-electron chi connectivity index (χ2n) is 8.52. The molecule has 1 N–H and O–H groups in total. The van der Waals surface area contributed by atoms with Crippen molar-refractivity contribution in [3.8, 4) is 0 Å². The maximum Gasteiger partial charge on any atom is 0.0125 e. The molecular formula is C17H33N3. The summed E-state index contributed by atoms with van der Waals surface area (Å²) in [5, 5.41) is 3.48. The third-order valence-corrected chi connectivity index (χ3v) is 5.89. The Morgan fingerprint density at radius 1 is 1.05 bits per heavy atom. The van der Waals surface area contributed by atoms with Gasteiger partial charge in [0.05, 0.1) is 0 Å². The van der Waals surface area contributed by atoms with Gasteiger partial charge in [-0.15, -0.1) is 0 Å². The van der Waals surface area contributed by atoms with Gasteiger partial charge in [0.2, 0.25) is 0 Å². The number of hydrogen-bond acceptors (Lipinski definition) is 3. The molecule has 0 atom stereocenters. The lowest BCUT2D eigenvalue weighted by atomic mass is 9.70. The van der Waals surface area contributed by atoms with E-state index in [1.54, 1.807) is 0 Å². The summed E-state index contributed by atoms with van der Waals surface area (Å²) >= 11 is 0. The van der Waals surface area contributed by atoms with Crippen molar-refractivity contribution in [3.63, 3.8) is 0 Å². The van der Waals surface area contributed by atoms with E-state index in [4.69, 9.17) is 0 Å². The first kappa shape index (κ1) is 14.8. The van der Waals surface area contributed by atoms with Crippen molar-refractivity contribution in [2.45, 2.75) is 52.0 Å². The molecule has 3 saturated heterocycles. The highest BCUT2D eigenvalue weighted by Gasteiger charge is 2.47. The molecular weight excluding hydrogens is 246 g/mol. The van der Waals surface area contributed by atoms with Crippen LogP contribution in [-0.2, 0) is 0 Å². The van der Waals surface area contributed by atoms with Crippen LogP contribution in [0.1, 0.15) is 46.5 Å². The number of piperidine rings is 2. The Balaban J connectivity index is 1.42. The van der Waals surface area contributed by atoms with Crippen LogP contribution >= 0.6 is 0 Å². The predicted molar refractivity (Wildman–Crippen MR) is 85.0 cm³/mol. The zero-order valence-electron chi connectivity index (χ0n) is 13.7. The summed E-state index contributed by atoms with van der Waals surface area (Å²) in [7, 11) is 0. The molecule has 3 nitrogen and oxygen atoms in total. The first-order valence-electron chi connectivity index (χ1n) is 8.65. The van der Waals surface area contributed by atoms with Gasteiger partial charge in [0.1, 0.15) is 0 Å². The summed E-state index contributed by atoms with van der Waals surface area (Å²) in [6, 6.07) is 0. The highest BCUT2D eigenvalue weighted by molar-refractivity contribution is 5.01. The topological polar surface area (TPSA) is 18.5 Å². The van der Waals surface area contributed by atoms with Crippen LogP contribution in [0.2, 0.25) is 0 Å². The van der Waals surface area contributed by atoms with Crippen LogP contribution in [0.4, 0.5) is 0 Å². The van der Waals surface area contributed by atoms with Crippen LogP contribution in [0.5, 0.6) is 0 Å². The van der Waals surface area contributed by atoms with Gasteiger partial charge in [0.15, 0.2) is 0 Å². The third kappa shape index (κ3) is 3.20. The van der Waals surface area contributed by atoms with Gasteiger partial charge in [0.25, 0.3) is 0 Å². The Morgan fingerprint density at radius 3 is 2.20 bits per heavy atom. The van der Waals surface area contributed by atoms with Gasteiger partial charge in [-0.05, 0) is 84.0 Å². The molecule has 116 valence electrons. The molecule has 0 bridgehead atoms. The lowest BCUT2D eigenvalue weighted by Crippen LogP contribution is -2.65. The van der Waals surface area contributed by atoms with Crippen molar-refractivity contribution in [1.82, 2.24) is 15.1 Å². The minimum atomic E-state index is 0.373. The minimum Gasteiger partial charge on any atom is -0.317 e. The van der Waals surface area contributed by atoms with Crippen LogP contribution < -0.4 is 5.32 Å². The van der Waals surface area contributed by atoms with Crippen LogP contribution in [-0.4, -0.2) is 61.2 Å². The normalized spacial score (nSPS) is 29.6. The Morgan fingerprint density at radius 2 is 1.65 bits per heavy atom. The summed E-state index contributed by atoms with van der Waals surface area (Å²) in [4.78, 5) is 5.41. The number of nitrogens with one attached hydrogen (secondary N) is 1. The molecule has 0 aromatic heterocycles. The van der Waals surface area contributed by atoms with Gasteiger partial charge in [-0.3, -0.25) is 4.90 Å². The van der Waals surface area contributed by atoms with Gasteiger partial charge in [0, 0.05) is 25.2 Å². The van der Waals surface area contributed by atoms with Crippen molar-refractivity contribution in [3.05, 3.63) is 0 Å². The van der Waals surface area contributed by atoms with Crippen molar-refractivity contribution < 1.29 is 0 Å². The van der Waals surface area contributed by atoms with E-state index in [0.29, 0.717) is 11.0 Å². The highest BCUT2D eigenvalue weighted by atomic mass is 15.3. The molecule has 0 saturated carbocycles. The monoisotopic (exact) mass is 279 g/mol. The quantitative estimate of drug-likeness (QED) is 0.836. The second kappa shape index (κ2) is 5.58. The lowest BCUT2D eigenvalue weighted by molar-refractivity contribution is -0.0913. The Hall–Kier alpha value is -0.120. The summed E-state index contributed by atoms with van der Waals surface area (Å²) in [5.74, 6) is 0.956. The zero-order valence-corrected chi connectivity index (χ0v) is 13.7. The van der Waals surface area contributed by atoms with E-state index in [9.17, 15) is 0 Å². The van der Waals surface area contributed by atoms with E-state index in [1.807, 2.05) is 0 Å². The van der Waals surface area contributed by atoms with E-state index in [1.165, 1.54) is 71.5 Å². The van der Waals surface area contributed by atoms with Crippen LogP contribution in [0.3, 0.4) is 0 Å². The van der Waals surface area contributed by atoms with Crippen molar-refractivity contribution in [2.75, 3.05) is 45.8 Å². The summed E-state index contributed by atoms with van der Waals surface area (Å²) < 4.78 is 0. The highest BCUT2D eigenvalue weighted by Crippen LogP contribution is 2.43. The maximum absolute atomic E-state index is 3.48. The largest absolute Gasteiger partial charge is 0.317 e. The van der Waals surface area contributed by atoms with Crippen molar-refractivity contribution in [2.24, 2.45) is 11.3 Å². The molecule has 0 aliphatic carbocycles. The fourth-order valence-corrected chi connectivity index (χ4v) is 4.19. The molecule has 1 spiro atoms. The molecule has 0 amide bonds. The Labute approximate surface area is 125 Å². The zero-order chi connectivity index (χ0) is 14.2. The molecule has 0 aromatic carbocycles. The molecule has 3 heterocycles. The van der Waals surface area contributed by atoms with Crippen LogP contribution in [0.15, 0.2) is 0 Å². The first-order valence-corrected chi connectivity index (χ1v) is 8.65. The second-order valence-corrected chi connectivity index (χ2v) is 8.52. The summed E-state index contributed by atoms with van der Waals surface area (Å²) in [6.07, 6.45) is 5.65. The first-order chi connectivity index (χ1) is 9.47. The van der Waals surface area contributed by atoms with Gasteiger partial charge >= 0.3 is 0 Å². The van der Waals surface area contributed by atoms with E-state index >= 15 is 0 Å². The standard InChI is InChI=1S/C17H33N3/c1-16(2,3)20-13-17(14-20)6-10-19(11-7-17)12-15-4-8-18-9-5-15/h15,18H,4-14H2,1-3H3. The summed E-state index contributed by atoms with van der Waals surface area (Å²) in [5.41, 5.74) is 1.05. The molecule has 3 aliphatic heterocycles. The van der Waals surface area contributed by atoms with Crippen molar-refractivity contribution in [1.29, 1.82) is 0 Å². The SMILES string of the molecule is CC(C)(C)N1CC2(CCN(CC3CCNCC3)CC2)C1. The van der Waals surface area contributed by atoms with Crippen LogP contribution in [0.25, 0.3) is 0 Å². The molecule has 3 aliphatic rings. The Bertz CT molecular complexity index is 312. The van der Waals surface area contributed by atoms with Crippen LogP contribution in [0, 0.1) is 11.3 Å². The molecule has 0 aromatic rings. The Kier molecular flexibility index (Phi) is 4.13.